The van der Waals surface area contributed by atoms with Crippen LogP contribution in [0.1, 0.15) is 13.8 Å². The molecule has 0 aromatic heterocycles. The summed E-state index contributed by atoms with van der Waals surface area (Å²) in [6.07, 6.45) is 3.49. The van der Waals surface area contributed by atoms with Gasteiger partial charge in [0.15, 0.2) is 5.78 Å². The van der Waals surface area contributed by atoms with Crippen LogP contribution in [0.4, 0.5) is 0 Å². The molecule has 0 aromatic carbocycles. The fourth-order valence-electron chi connectivity index (χ4n) is 0.319. The first-order valence-electron chi connectivity index (χ1n) is 2.51. The summed E-state index contributed by atoms with van der Waals surface area (Å²) in [6, 6.07) is 0. The Kier molecular flexibility index (Phi) is 2.85. The van der Waals surface area contributed by atoms with Crippen molar-refractivity contribution in [3.8, 4) is 0 Å². The van der Waals surface area contributed by atoms with Crippen molar-refractivity contribution < 1.29 is 4.79 Å². The van der Waals surface area contributed by atoms with E-state index >= 15 is 0 Å². The van der Waals surface area contributed by atoms with Gasteiger partial charge in [-0.25, -0.2) is 0 Å². The third-order valence-electron chi connectivity index (χ3n) is 0.820. The number of hydrogen-bond acceptors (Lipinski definition) is 1. The number of carbonyl (C=O) groups is 1. The van der Waals surface area contributed by atoms with E-state index in [1.54, 1.807) is 12.2 Å². The minimum atomic E-state index is 0.0306. The lowest BCUT2D eigenvalue weighted by Crippen LogP contribution is -1.88. The molecule has 0 bridgehead atoms. The van der Waals surface area contributed by atoms with E-state index in [2.05, 4.69) is 6.58 Å². The van der Waals surface area contributed by atoms with Gasteiger partial charge in [0.25, 0.3) is 0 Å². The van der Waals surface area contributed by atoms with E-state index in [0.717, 1.165) is 0 Å². The highest BCUT2D eigenvalue weighted by Gasteiger charge is 1.90. The minimum Gasteiger partial charge on any atom is -0.295 e. The summed E-state index contributed by atoms with van der Waals surface area (Å²) < 4.78 is 0. The van der Waals surface area contributed by atoms with Gasteiger partial charge in [0, 0.05) is 5.57 Å². The smallest absolute Gasteiger partial charge is 0.159 e. The maximum Gasteiger partial charge on any atom is 0.159 e. The molecule has 0 rings (SSSR count). The molecule has 0 amide bonds. The van der Waals surface area contributed by atoms with Gasteiger partial charge in [-0.15, -0.1) is 0 Å². The molecule has 8 heavy (non-hydrogen) atoms. The molecule has 1 nitrogen and oxygen atoms in total. The number of hydrogen-bond donors (Lipinski definition) is 0. The lowest BCUT2D eigenvalue weighted by atomic mass is 10.2. The maximum atomic E-state index is 10.4. The standard InChI is InChI=1S/C7H10O/c1-4-5-6(2)7(3)8/h4-5H,2H2,1,3H3/b5-4-. The molecule has 0 aliphatic heterocycles. The summed E-state index contributed by atoms with van der Waals surface area (Å²) in [5.74, 6) is 0.0306. The van der Waals surface area contributed by atoms with Crippen LogP contribution in [0.2, 0.25) is 0 Å². The van der Waals surface area contributed by atoms with Crippen molar-refractivity contribution in [1.82, 2.24) is 0 Å². The third-order valence-corrected chi connectivity index (χ3v) is 0.820. The predicted molar refractivity (Wildman–Crippen MR) is 34.6 cm³/mol. The Bertz CT molecular complexity index is 131. The molecule has 44 valence electrons. The lowest BCUT2D eigenvalue weighted by Gasteiger charge is -1.86. The van der Waals surface area contributed by atoms with Crippen LogP contribution in [0.25, 0.3) is 0 Å². The monoisotopic (exact) mass is 110 g/mol. The highest BCUT2D eigenvalue weighted by molar-refractivity contribution is 5.95. The number of allylic oxidation sites excluding steroid dienone is 3. The van der Waals surface area contributed by atoms with Crippen molar-refractivity contribution in [2.45, 2.75) is 13.8 Å². The first kappa shape index (κ1) is 7.15. The lowest BCUT2D eigenvalue weighted by molar-refractivity contribution is -0.113. The van der Waals surface area contributed by atoms with E-state index in [1.807, 2.05) is 6.92 Å². The van der Waals surface area contributed by atoms with Crippen LogP contribution in [0.5, 0.6) is 0 Å². The Balaban J connectivity index is 3.85. The zero-order valence-corrected chi connectivity index (χ0v) is 5.27. The normalized spacial score (nSPS) is 9.75. The van der Waals surface area contributed by atoms with Gasteiger partial charge in [-0.2, -0.15) is 0 Å². The summed E-state index contributed by atoms with van der Waals surface area (Å²) in [6.45, 7) is 6.87. The zero-order valence-electron chi connectivity index (χ0n) is 5.27. The quantitative estimate of drug-likeness (QED) is 0.390. The average molecular weight is 110 g/mol. The van der Waals surface area contributed by atoms with Gasteiger partial charge in [0.05, 0.1) is 0 Å². The van der Waals surface area contributed by atoms with Crippen LogP contribution in [0.15, 0.2) is 24.3 Å². The van der Waals surface area contributed by atoms with Crippen molar-refractivity contribution in [2.75, 3.05) is 0 Å². The maximum absolute atomic E-state index is 10.4. The molecule has 0 atom stereocenters. The van der Waals surface area contributed by atoms with E-state index in [4.69, 9.17) is 0 Å². The Hall–Kier alpha value is -0.850. The van der Waals surface area contributed by atoms with Gasteiger partial charge in [-0.1, -0.05) is 18.7 Å². The van der Waals surface area contributed by atoms with E-state index in [9.17, 15) is 4.79 Å². The van der Waals surface area contributed by atoms with Crippen LogP contribution in [-0.2, 0) is 4.79 Å². The summed E-state index contributed by atoms with van der Waals surface area (Å²) in [4.78, 5) is 10.4. The highest BCUT2D eigenvalue weighted by atomic mass is 16.1. The van der Waals surface area contributed by atoms with Crippen molar-refractivity contribution in [3.63, 3.8) is 0 Å². The van der Waals surface area contributed by atoms with Gasteiger partial charge >= 0.3 is 0 Å². The fraction of sp³-hybridized carbons (Fsp3) is 0.286. The number of Topliss-reactive ketones (excluding diaryl/α,β-unsaturated/α-hetero) is 1. The Labute approximate surface area is 49.7 Å². The Morgan fingerprint density at radius 1 is 1.62 bits per heavy atom. The molecule has 0 fully saturated rings. The molecule has 0 unspecified atom stereocenters. The van der Waals surface area contributed by atoms with Crippen molar-refractivity contribution in [3.05, 3.63) is 24.3 Å². The SMILES string of the molecule is C=C(/C=C\C)C(C)=O. The molecule has 0 saturated carbocycles. The predicted octanol–water partition coefficient (Wildman–Crippen LogP) is 1.71. The van der Waals surface area contributed by atoms with E-state index in [1.165, 1.54) is 6.92 Å². The zero-order chi connectivity index (χ0) is 6.57. The van der Waals surface area contributed by atoms with E-state index in [0.29, 0.717) is 5.57 Å². The van der Waals surface area contributed by atoms with E-state index in [-0.39, 0.29) is 5.78 Å². The van der Waals surface area contributed by atoms with Crippen LogP contribution in [0.3, 0.4) is 0 Å². The van der Waals surface area contributed by atoms with E-state index < -0.39 is 0 Å². The highest BCUT2D eigenvalue weighted by Crippen LogP contribution is 1.92. The summed E-state index contributed by atoms with van der Waals surface area (Å²) in [5.41, 5.74) is 0.563. The molecule has 0 aromatic rings. The Morgan fingerprint density at radius 3 is 2.25 bits per heavy atom. The van der Waals surface area contributed by atoms with Crippen LogP contribution in [-0.4, -0.2) is 5.78 Å². The van der Waals surface area contributed by atoms with Gasteiger partial charge < -0.3 is 0 Å². The van der Waals surface area contributed by atoms with Gasteiger partial charge in [0.2, 0.25) is 0 Å². The number of ketones is 1. The number of carbonyl (C=O) groups excluding carboxylic acids is 1. The van der Waals surface area contributed by atoms with Crippen molar-refractivity contribution >= 4 is 5.78 Å². The second-order valence-corrected chi connectivity index (χ2v) is 1.58. The molecule has 0 spiro atoms. The summed E-state index contributed by atoms with van der Waals surface area (Å²) in [7, 11) is 0. The van der Waals surface area contributed by atoms with Gasteiger partial charge in [-0.3, -0.25) is 4.79 Å². The summed E-state index contributed by atoms with van der Waals surface area (Å²) in [5, 5.41) is 0. The van der Waals surface area contributed by atoms with Crippen molar-refractivity contribution in [1.29, 1.82) is 0 Å². The molecule has 0 heterocycles. The van der Waals surface area contributed by atoms with Crippen molar-refractivity contribution in [2.24, 2.45) is 0 Å². The van der Waals surface area contributed by atoms with Crippen LogP contribution < -0.4 is 0 Å². The molecular weight excluding hydrogens is 100 g/mol. The first-order valence-corrected chi connectivity index (χ1v) is 2.51. The largest absolute Gasteiger partial charge is 0.295 e. The second-order valence-electron chi connectivity index (χ2n) is 1.58. The molecule has 0 radical (unpaired) electrons. The Morgan fingerprint density at radius 2 is 2.12 bits per heavy atom. The van der Waals surface area contributed by atoms with Crippen LogP contribution >= 0.6 is 0 Å². The first-order chi connectivity index (χ1) is 3.68. The second kappa shape index (κ2) is 3.19. The van der Waals surface area contributed by atoms with Gasteiger partial charge in [0.1, 0.15) is 0 Å². The third kappa shape index (κ3) is 2.35. The molecule has 0 aliphatic rings. The topological polar surface area (TPSA) is 17.1 Å². The van der Waals surface area contributed by atoms with Gasteiger partial charge in [-0.05, 0) is 13.8 Å². The molecular formula is C7H10O. The number of rotatable bonds is 2. The molecule has 0 aliphatic carbocycles. The molecule has 0 saturated heterocycles. The summed E-state index contributed by atoms with van der Waals surface area (Å²) >= 11 is 0. The van der Waals surface area contributed by atoms with Crippen LogP contribution in [0, 0.1) is 0 Å². The average Bonchev–Trinajstić information content (AvgIpc) is 1.67. The molecule has 1 heteroatoms. The minimum absolute atomic E-state index is 0.0306. The molecule has 0 N–H and O–H groups in total. The fourth-order valence-corrected chi connectivity index (χ4v) is 0.319.